The van der Waals surface area contributed by atoms with Crippen molar-refractivity contribution in [2.75, 3.05) is 12.8 Å². The summed E-state index contributed by atoms with van der Waals surface area (Å²) in [4.78, 5) is 8.48. The van der Waals surface area contributed by atoms with Gasteiger partial charge in [0.05, 0.1) is 12.8 Å². The molecule has 0 bridgehead atoms. The molecule has 0 aliphatic carbocycles. The van der Waals surface area contributed by atoms with Crippen LogP contribution in [0.5, 0.6) is 5.88 Å². The third kappa shape index (κ3) is 3.15. The maximum atomic E-state index is 5.81. The minimum atomic E-state index is 0.244. The molecule has 0 radical (unpaired) electrons. The van der Waals surface area contributed by atoms with Crippen molar-refractivity contribution in [2.24, 2.45) is 0 Å². The molecule has 0 spiro atoms. The summed E-state index contributed by atoms with van der Waals surface area (Å²) >= 11 is 0. The molecular formula is C17H23N3O. The van der Waals surface area contributed by atoms with Crippen molar-refractivity contribution in [3.05, 3.63) is 34.9 Å². The molecule has 0 fully saturated rings. The summed E-state index contributed by atoms with van der Waals surface area (Å²) in [5.74, 6) is 0.745. The van der Waals surface area contributed by atoms with Crippen LogP contribution in [0.25, 0.3) is 11.3 Å². The van der Waals surface area contributed by atoms with Gasteiger partial charge >= 0.3 is 0 Å². The van der Waals surface area contributed by atoms with Gasteiger partial charge in [-0.2, -0.15) is 4.98 Å². The molecule has 2 rings (SSSR count). The first-order valence-electron chi connectivity index (χ1n) is 7.46. The molecule has 4 heteroatoms. The molecule has 2 aromatic rings. The lowest BCUT2D eigenvalue weighted by Gasteiger charge is -2.16. The second-order valence-corrected chi connectivity index (χ2v) is 5.00. The Hall–Kier alpha value is -2.10. The van der Waals surface area contributed by atoms with E-state index in [2.05, 4.69) is 42.9 Å². The van der Waals surface area contributed by atoms with Gasteiger partial charge in [0.2, 0.25) is 11.8 Å². The Morgan fingerprint density at radius 2 is 1.57 bits per heavy atom. The van der Waals surface area contributed by atoms with Gasteiger partial charge in [-0.15, -0.1) is 0 Å². The molecule has 21 heavy (non-hydrogen) atoms. The zero-order valence-electron chi connectivity index (χ0n) is 13.2. The van der Waals surface area contributed by atoms with E-state index in [1.54, 1.807) is 7.11 Å². The smallest absolute Gasteiger partial charge is 0.223 e. The number of hydrogen-bond acceptors (Lipinski definition) is 4. The van der Waals surface area contributed by atoms with Gasteiger partial charge in [-0.25, -0.2) is 4.98 Å². The van der Waals surface area contributed by atoms with Gasteiger partial charge in [0, 0.05) is 11.6 Å². The highest BCUT2D eigenvalue weighted by molar-refractivity contribution is 5.70. The number of aromatic nitrogens is 2. The summed E-state index contributed by atoms with van der Waals surface area (Å²) in [7, 11) is 1.59. The molecular weight excluding hydrogens is 262 g/mol. The van der Waals surface area contributed by atoms with Crippen LogP contribution in [0, 0.1) is 0 Å². The number of aryl methyl sites for hydroxylation is 3. The van der Waals surface area contributed by atoms with Crippen molar-refractivity contribution in [2.45, 2.75) is 40.0 Å². The summed E-state index contributed by atoms with van der Waals surface area (Å²) in [6, 6.07) is 6.38. The maximum absolute atomic E-state index is 5.81. The van der Waals surface area contributed by atoms with Crippen LogP contribution < -0.4 is 10.5 Å². The zero-order chi connectivity index (χ0) is 15.4. The molecule has 0 amide bonds. The molecule has 112 valence electrons. The van der Waals surface area contributed by atoms with E-state index in [9.17, 15) is 0 Å². The fraction of sp³-hybridized carbons (Fsp3) is 0.412. The number of nitrogen functional groups attached to an aromatic ring is 1. The van der Waals surface area contributed by atoms with Crippen molar-refractivity contribution < 1.29 is 4.74 Å². The Kier molecular flexibility index (Phi) is 4.78. The highest BCUT2D eigenvalue weighted by Gasteiger charge is 2.14. The van der Waals surface area contributed by atoms with Gasteiger partial charge in [-0.1, -0.05) is 32.9 Å². The highest BCUT2D eigenvalue weighted by Crippen LogP contribution is 2.31. The van der Waals surface area contributed by atoms with Gasteiger partial charge in [0.15, 0.2) is 0 Å². The number of anilines is 1. The third-order valence-electron chi connectivity index (χ3n) is 3.72. The molecule has 1 heterocycles. The van der Waals surface area contributed by atoms with Crippen LogP contribution in [0.15, 0.2) is 18.2 Å². The summed E-state index contributed by atoms with van der Waals surface area (Å²) in [6.07, 6.45) is 2.96. The number of nitrogens with zero attached hydrogens (tertiary/aromatic N) is 2. The lowest BCUT2D eigenvalue weighted by atomic mass is 9.91. The predicted molar refractivity (Wildman–Crippen MR) is 86.6 cm³/mol. The summed E-state index contributed by atoms with van der Waals surface area (Å²) in [6.45, 7) is 6.51. The highest BCUT2D eigenvalue weighted by atomic mass is 16.5. The monoisotopic (exact) mass is 285 g/mol. The summed E-state index contributed by atoms with van der Waals surface area (Å²) in [5.41, 5.74) is 11.8. The van der Waals surface area contributed by atoms with Crippen molar-refractivity contribution in [3.8, 4) is 17.1 Å². The van der Waals surface area contributed by atoms with Crippen molar-refractivity contribution >= 4 is 5.95 Å². The fourth-order valence-electron chi connectivity index (χ4n) is 2.61. The number of nitrogens with two attached hydrogens (primary N) is 1. The Labute approximate surface area is 126 Å². The number of hydrogen-bond donors (Lipinski definition) is 1. The van der Waals surface area contributed by atoms with Gasteiger partial charge in [0.1, 0.15) is 0 Å². The Bertz CT molecular complexity index is 613. The first kappa shape index (κ1) is 15.3. The Morgan fingerprint density at radius 1 is 0.952 bits per heavy atom. The van der Waals surface area contributed by atoms with Crippen LogP contribution in [0.2, 0.25) is 0 Å². The molecule has 0 aliphatic rings. The molecule has 0 unspecified atom stereocenters. The molecule has 0 saturated carbocycles. The van der Waals surface area contributed by atoms with Gasteiger partial charge < -0.3 is 10.5 Å². The minimum Gasteiger partial charge on any atom is -0.481 e. The van der Waals surface area contributed by atoms with Crippen molar-refractivity contribution in [3.63, 3.8) is 0 Å². The second kappa shape index (κ2) is 6.57. The topological polar surface area (TPSA) is 61.0 Å². The SMILES string of the molecule is CCc1cc(CC)c(-c2cc(OC)nc(N)n2)c(CC)c1. The fourth-order valence-corrected chi connectivity index (χ4v) is 2.61. The minimum absolute atomic E-state index is 0.244. The number of rotatable bonds is 5. The number of ether oxygens (including phenoxy) is 1. The van der Waals surface area contributed by atoms with Gasteiger partial charge in [-0.05, 0) is 36.0 Å². The third-order valence-corrected chi connectivity index (χ3v) is 3.72. The van der Waals surface area contributed by atoms with Crippen molar-refractivity contribution in [1.29, 1.82) is 0 Å². The van der Waals surface area contributed by atoms with E-state index in [1.165, 1.54) is 22.3 Å². The molecule has 1 aromatic carbocycles. The first-order valence-corrected chi connectivity index (χ1v) is 7.46. The van der Waals surface area contributed by atoms with Crippen molar-refractivity contribution in [1.82, 2.24) is 9.97 Å². The van der Waals surface area contributed by atoms with Crippen LogP contribution in [0.4, 0.5) is 5.95 Å². The van der Waals surface area contributed by atoms with Gasteiger partial charge in [0.25, 0.3) is 0 Å². The standard InChI is InChI=1S/C17H23N3O/c1-5-11-8-12(6-2)16(13(7-3)9-11)14-10-15(21-4)20-17(18)19-14/h8-10H,5-7H2,1-4H3,(H2,18,19,20). The van der Waals surface area contributed by atoms with Gasteiger partial charge in [-0.3, -0.25) is 0 Å². The Morgan fingerprint density at radius 3 is 2.05 bits per heavy atom. The molecule has 0 saturated heterocycles. The molecule has 1 aromatic heterocycles. The maximum Gasteiger partial charge on any atom is 0.223 e. The van der Waals surface area contributed by atoms with Crippen LogP contribution in [0.1, 0.15) is 37.5 Å². The lowest BCUT2D eigenvalue weighted by Crippen LogP contribution is -2.03. The molecule has 0 aliphatic heterocycles. The average molecular weight is 285 g/mol. The average Bonchev–Trinajstić information content (AvgIpc) is 2.52. The van der Waals surface area contributed by atoms with E-state index in [1.807, 2.05) is 6.07 Å². The number of benzene rings is 1. The summed E-state index contributed by atoms with van der Waals surface area (Å²) < 4.78 is 5.22. The van der Waals surface area contributed by atoms with Crippen LogP contribution in [0.3, 0.4) is 0 Å². The van der Waals surface area contributed by atoms with E-state index >= 15 is 0 Å². The number of methoxy groups -OCH3 is 1. The van der Waals surface area contributed by atoms with Crippen LogP contribution in [-0.2, 0) is 19.3 Å². The second-order valence-electron chi connectivity index (χ2n) is 5.00. The first-order chi connectivity index (χ1) is 10.1. The van der Waals surface area contributed by atoms with Crippen LogP contribution in [-0.4, -0.2) is 17.1 Å². The van der Waals surface area contributed by atoms with E-state index < -0.39 is 0 Å². The quantitative estimate of drug-likeness (QED) is 0.914. The normalized spacial score (nSPS) is 10.7. The van der Waals surface area contributed by atoms with E-state index in [0.29, 0.717) is 5.88 Å². The molecule has 0 atom stereocenters. The predicted octanol–water partition coefficient (Wildman–Crippen LogP) is 3.42. The van der Waals surface area contributed by atoms with E-state index in [-0.39, 0.29) is 5.95 Å². The van der Waals surface area contributed by atoms with E-state index in [0.717, 1.165) is 25.0 Å². The summed E-state index contributed by atoms with van der Waals surface area (Å²) in [5, 5.41) is 0. The molecule has 4 nitrogen and oxygen atoms in total. The van der Waals surface area contributed by atoms with E-state index in [4.69, 9.17) is 10.5 Å². The zero-order valence-corrected chi connectivity index (χ0v) is 13.2. The Balaban J connectivity index is 2.69. The lowest BCUT2D eigenvalue weighted by molar-refractivity contribution is 0.398. The van der Waals surface area contributed by atoms with Crippen LogP contribution >= 0.6 is 0 Å². The largest absolute Gasteiger partial charge is 0.481 e. The molecule has 2 N–H and O–H groups in total.